The molecule has 2 aromatic rings. The molecule has 0 aliphatic rings. The molecule has 0 atom stereocenters. The van der Waals surface area contributed by atoms with Crippen molar-refractivity contribution in [2.75, 3.05) is 11.1 Å². The van der Waals surface area contributed by atoms with Crippen molar-refractivity contribution >= 4 is 28.9 Å². The van der Waals surface area contributed by atoms with Crippen LogP contribution in [0.5, 0.6) is 0 Å². The minimum Gasteiger partial charge on any atom is -0.397 e. The van der Waals surface area contributed by atoms with Crippen LogP contribution >= 0.6 is 11.6 Å². The van der Waals surface area contributed by atoms with E-state index < -0.39 is 11.7 Å². The molecule has 18 heavy (non-hydrogen) atoms. The molecule has 2 aromatic carbocycles. The number of anilines is 2. The summed E-state index contributed by atoms with van der Waals surface area (Å²) in [6.07, 6.45) is 0. The van der Waals surface area contributed by atoms with Gasteiger partial charge in [-0.3, -0.25) is 4.79 Å². The number of halogens is 2. The number of carbonyl (C=O) groups excluding carboxylic acids is 1. The van der Waals surface area contributed by atoms with Gasteiger partial charge in [0.05, 0.1) is 16.9 Å². The Bertz CT molecular complexity index is 601. The molecular formula is C13H10ClFN2O. The van der Waals surface area contributed by atoms with E-state index in [0.29, 0.717) is 16.4 Å². The van der Waals surface area contributed by atoms with Gasteiger partial charge in [0.15, 0.2) is 0 Å². The lowest BCUT2D eigenvalue weighted by atomic mass is 10.2. The van der Waals surface area contributed by atoms with Gasteiger partial charge in [-0.25, -0.2) is 4.39 Å². The van der Waals surface area contributed by atoms with Crippen molar-refractivity contribution in [2.45, 2.75) is 0 Å². The smallest absolute Gasteiger partial charge is 0.258 e. The lowest BCUT2D eigenvalue weighted by Gasteiger charge is -2.09. The number of rotatable bonds is 2. The van der Waals surface area contributed by atoms with Gasteiger partial charge in [-0.2, -0.15) is 0 Å². The molecule has 0 fully saturated rings. The van der Waals surface area contributed by atoms with E-state index in [-0.39, 0.29) is 5.56 Å². The molecule has 92 valence electrons. The Morgan fingerprint density at radius 3 is 2.67 bits per heavy atom. The van der Waals surface area contributed by atoms with Gasteiger partial charge in [-0.05, 0) is 30.3 Å². The molecule has 3 N–H and O–H groups in total. The molecule has 0 spiro atoms. The topological polar surface area (TPSA) is 55.1 Å². The molecule has 1 amide bonds. The zero-order chi connectivity index (χ0) is 13.1. The van der Waals surface area contributed by atoms with Gasteiger partial charge in [0.2, 0.25) is 0 Å². The minimum absolute atomic E-state index is 0.0446. The number of benzene rings is 2. The van der Waals surface area contributed by atoms with Crippen LogP contribution in [0.3, 0.4) is 0 Å². The average Bonchev–Trinajstić information content (AvgIpc) is 2.34. The van der Waals surface area contributed by atoms with Crippen LogP contribution in [0.4, 0.5) is 15.8 Å². The van der Waals surface area contributed by atoms with Gasteiger partial charge < -0.3 is 11.1 Å². The second-order valence-corrected chi connectivity index (χ2v) is 4.10. The van der Waals surface area contributed by atoms with E-state index in [1.54, 1.807) is 18.2 Å². The molecule has 0 aliphatic carbocycles. The maximum atomic E-state index is 13.4. The van der Waals surface area contributed by atoms with Crippen LogP contribution < -0.4 is 11.1 Å². The summed E-state index contributed by atoms with van der Waals surface area (Å²) in [4.78, 5) is 11.8. The van der Waals surface area contributed by atoms with E-state index in [1.165, 1.54) is 24.3 Å². The fourth-order valence-electron chi connectivity index (χ4n) is 1.47. The monoisotopic (exact) mass is 264 g/mol. The third-order valence-electron chi connectivity index (χ3n) is 2.38. The lowest BCUT2D eigenvalue weighted by molar-refractivity contribution is 0.102. The third-order valence-corrected chi connectivity index (χ3v) is 2.62. The molecule has 0 radical (unpaired) electrons. The third kappa shape index (κ3) is 2.60. The Hall–Kier alpha value is -2.07. The second-order valence-electron chi connectivity index (χ2n) is 3.67. The minimum atomic E-state index is -0.587. The van der Waals surface area contributed by atoms with Crippen LogP contribution in [0.1, 0.15) is 10.4 Å². The molecule has 0 aromatic heterocycles. The van der Waals surface area contributed by atoms with Gasteiger partial charge in [0, 0.05) is 5.02 Å². The van der Waals surface area contributed by atoms with Crippen LogP contribution in [0.2, 0.25) is 5.02 Å². The highest BCUT2D eigenvalue weighted by Crippen LogP contribution is 2.23. The summed E-state index contributed by atoms with van der Waals surface area (Å²) in [5.41, 5.74) is 6.36. The normalized spacial score (nSPS) is 10.1. The highest BCUT2D eigenvalue weighted by Gasteiger charge is 2.12. The van der Waals surface area contributed by atoms with E-state index in [9.17, 15) is 9.18 Å². The lowest BCUT2D eigenvalue weighted by Crippen LogP contribution is -2.14. The predicted octanol–water partition coefficient (Wildman–Crippen LogP) is 3.31. The SMILES string of the molecule is Nc1ccc(Cl)cc1NC(=O)c1ccccc1F. The van der Waals surface area contributed by atoms with Crippen LogP contribution in [-0.4, -0.2) is 5.91 Å². The summed E-state index contributed by atoms with van der Waals surface area (Å²) < 4.78 is 13.4. The summed E-state index contributed by atoms with van der Waals surface area (Å²) in [6, 6.07) is 10.4. The molecule has 3 nitrogen and oxygen atoms in total. The summed E-state index contributed by atoms with van der Waals surface area (Å²) in [5.74, 6) is -1.15. The highest BCUT2D eigenvalue weighted by atomic mass is 35.5. The molecular weight excluding hydrogens is 255 g/mol. The Labute approximate surface area is 108 Å². The van der Waals surface area contributed by atoms with Crippen LogP contribution in [0.15, 0.2) is 42.5 Å². The Morgan fingerprint density at radius 2 is 1.94 bits per heavy atom. The van der Waals surface area contributed by atoms with Gasteiger partial charge in [0.1, 0.15) is 5.82 Å². The predicted molar refractivity (Wildman–Crippen MR) is 70.2 cm³/mol. The molecule has 0 saturated carbocycles. The molecule has 0 saturated heterocycles. The zero-order valence-corrected chi connectivity index (χ0v) is 10.0. The number of hydrogen-bond donors (Lipinski definition) is 2. The Balaban J connectivity index is 2.27. The van der Waals surface area contributed by atoms with Crippen molar-refractivity contribution in [3.05, 3.63) is 58.9 Å². The maximum Gasteiger partial charge on any atom is 0.258 e. The maximum absolute atomic E-state index is 13.4. The number of nitrogens with one attached hydrogen (secondary N) is 1. The number of hydrogen-bond acceptors (Lipinski definition) is 2. The van der Waals surface area contributed by atoms with E-state index in [2.05, 4.69) is 5.32 Å². The number of nitrogen functional groups attached to an aromatic ring is 1. The fraction of sp³-hybridized carbons (Fsp3) is 0. The Morgan fingerprint density at radius 1 is 1.22 bits per heavy atom. The standard InChI is InChI=1S/C13H10ClFN2O/c14-8-5-6-11(16)12(7-8)17-13(18)9-3-1-2-4-10(9)15/h1-7H,16H2,(H,17,18). The summed E-state index contributed by atoms with van der Waals surface area (Å²) in [7, 11) is 0. The van der Waals surface area contributed by atoms with Gasteiger partial charge in [-0.15, -0.1) is 0 Å². The summed E-state index contributed by atoms with van der Waals surface area (Å²) in [6.45, 7) is 0. The summed E-state index contributed by atoms with van der Waals surface area (Å²) >= 11 is 5.80. The first-order valence-corrected chi connectivity index (χ1v) is 5.56. The molecule has 2 rings (SSSR count). The van der Waals surface area contributed by atoms with Gasteiger partial charge in [0.25, 0.3) is 5.91 Å². The van der Waals surface area contributed by atoms with Crippen molar-refractivity contribution in [3.8, 4) is 0 Å². The first-order valence-electron chi connectivity index (χ1n) is 5.19. The fourth-order valence-corrected chi connectivity index (χ4v) is 1.64. The quantitative estimate of drug-likeness (QED) is 0.818. The van der Waals surface area contributed by atoms with Gasteiger partial charge in [-0.1, -0.05) is 23.7 Å². The van der Waals surface area contributed by atoms with Crippen molar-refractivity contribution in [3.63, 3.8) is 0 Å². The van der Waals surface area contributed by atoms with Crippen molar-refractivity contribution in [1.82, 2.24) is 0 Å². The van der Waals surface area contributed by atoms with E-state index in [4.69, 9.17) is 17.3 Å². The molecule has 0 unspecified atom stereocenters. The van der Waals surface area contributed by atoms with E-state index in [1.807, 2.05) is 0 Å². The van der Waals surface area contributed by atoms with Crippen LogP contribution in [-0.2, 0) is 0 Å². The zero-order valence-electron chi connectivity index (χ0n) is 9.28. The van der Waals surface area contributed by atoms with Crippen molar-refractivity contribution in [1.29, 1.82) is 0 Å². The van der Waals surface area contributed by atoms with Gasteiger partial charge >= 0.3 is 0 Å². The van der Waals surface area contributed by atoms with Crippen molar-refractivity contribution in [2.24, 2.45) is 0 Å². The average molecular weight is 265 g/mol. The van der Waals surface area contributed by atoms with E-state index in [0.717, 1.165) is 0 Å². The molecule has 0 heterocycles. The van der Waals surface area contributed by atoms with Crippen LogP contribution in [0, 0.1) is 5.82 Å². The number of carbonyl (C=O) groups is 1. The van der Waals surface area contributed by atoms with E-state index >= 15 is 0 Å². The molecule has 0 bridgehead atoms. The first-order chi connectivity index (χ1) is 8.58. The Kier molecular flexibility index (Phi) is 3.48. The van der Waals surface area contributed by atoms with Crippen molar-refractivity contribution < 1.29 is 9.18 Å². The largest absolute Gasteiger partial charge is 0.397 e. The van der Waals surface area contributed by atoms with Crippen LogP contribution in [0.25, 0.3) is 0 Å². The first kappa shape index (κ1) is 12.4. The summed E-state index contributed by atoms with van der Waals surface area (Å²) in [5, 5.41) is 2.96. The number of amides is 1. The number of nitrogens with two attached hydrogens (primary N) is 1. The second kappa shape index (κ2) is 5.06. The molecule has 5 heteroatoms. The molecule has 0 aliphatic heterocycles. The highest BCUT2D eigenvalue weighted by molar-refractivity contribution is 6.31.